The van der Waals surface area contributed by atoms with E-state index >= 15 is 0 Å². The molecule has 0 aliphatic rings. The van der Waals surface area contributed by atoms with E-state index in [0.29, 0.717) is 0 Å². The largest absolute Gasteiger partial charge is 0.309 e. The van der Waals surface area contributed by atoms with Crippen molar-refractivity contribution in [1.29, 1.82) is 0 Å². The first-order valence-corrected chi connectivity index (χ1v) is 44.9. The van der Waals surface area contributed by atoms with Crippen LogP contribution in [0.3, 0.4) is 0 Å². The van der Waals surface area contributed by atoms with Crippen molar-refractivity contribution in [2.24, 2.45) is 0 Å². The normalized spacial score (nSPS) is 11.3. The number of hydrogen-bond acceptors (Lipinski definition) is 0. The molecule has 0 aliphatic carbocycles. The SMILES string of the molecule is Cc1ccc(-c2ccc(-n3c4ccccc4c4ccccc43)cc2)cc1.Cc1ccc(-c2cccc(-n3c4ccccc4c4ccccc43)c2)cc1.Cc1ccc(-c2cccc3c4ccccc4n(-c4ccccc4)c23)cc1.Cc1ccc(-c2ccccc2-n2c3ccccc3c3ccccc32)cc1.Cc1cccc(-c2cccc3c4ccccc4n(-c4ccccc4)c23)c1. The average Bonchev–Trinajstić information content (AvgIpc) is 1.59. The summed E-state index contributed by atoms with van der Waals surface area (Å²) in [5.41, 5.74) is 37.4. The van der Waals surface area contributed by atoms with Crippen LogP contribution in [0, 0.1) is 34.6 Å². The van der Waals surface area contributed by atoms with E-state index in [0.717, 1.165) is 0 Å². The maximum absolute atomic E-state index is 2.39. The van der Waals surface area contributed by atoms with Crippen LogP contribution >= 0.6 is 0 Å². The van der Waals surface area contributed by atoms with Crippen molar-refractivity contribution in [2.45, 2.75) is 34.6 Å². The molecule has 0 radical (unpaired) electrons. The molecule has 0 aliphatic heterocycles. The molecule has 25 rings (SSSR count). The second kappa shape index (κ2) is 35.4. The van der Waals surface area contributed by atoms with Gasteiger partial charge in [-0.25, -0.2) is 0 Å². The van der Waals surface area contributed by atoms with Gasteiger partial charge in [-0.1, -0.05) is 410 Å². The summed E-state index contributed by atoms with van der Waals surface area (Å²) in [4.78, 5) is 0. The molecule has 5 heterocycles. The molecule has 0 amide bonds. The fourth-order valence-corrected chi connectivity index (χ4v) is 19.1. The van der Waals surface area contributed by atoms with E-state index in [4.69, 9.17) is 0 Å². The van der Waals surface area contributed by atoms with Crippen LogP contribution in [0.4, 0.5) is 0 Å². The second-order valence-electron chi connectivity index (χ2n) is 33.8. The third-order valence-corrected chi connectivity index (χ3v) is 25.4. The number of fused-ring (bicyclic) bond motifs is 15. The highest BCUT2D eigenvalue weighted by atomic mass is 15.0. The van der Waals surface area contributed by atoms with E-state index in [1.54, 1.807) is 0 Å². The molecule has 0 saturated heterocycles. The van der Waals surface area contributed by atoms with Gasteiger partial charge in [0.05, 0.1) is 60.9 Å². The number of aromatic nitrogens is 5. The highest BCUT2D eigenvalue weighted by molar-refractivity contribution is 6.16. The monoisotopic (exact) mass is 1670 g/mol. The molecular weight excluding hydrogens is 1570 g/mol. The van der Waals surface area contributed by atoms with Crippen LogP contribution in [0.15, 0.2) is 485 Å². The zero-order valence-electron chi connectivity index (χ0n) is 73.4. The highest BCUT2D eigenvalue weighted by Gasteiger charge is 2.21. The molecule has 5 nitrogen and oxygen atoms in total. The Morgan fingerprint density at radius 3 is 0.785 bits per heavy atom. The van der Waals surface area contributed by atoms with E-state index < -0.39 is 0 Å². The predicted octanol–water partition coefficient (Wildman–Crippen LogP) is 33.8. The Morgan fingerprint density at radius 2 is 0.385 bits per heavy atom. The lowest BCUT2D eigenvalue weighted by Gasteiger charge is -2.14. The van der Waals surface area contributed by atoms with E-state index in [2.05, 4.69) is 543 Å². The van der Waals surface area contributed by atoms with Crippen molar-refractivity contribution in [3.8, 4) is 84.1 Å². The molecule has 5 aromatic heterocycles. The van der Waals surface area contributed by atoms with Crippen LogP contribution in [-0.4, -0.2) is 22.8 Å². The van der Waals surface area contributed by atoms with Crippen molar-refractivity contribution >= 4 is 109 Å². The minimum absolute atomic E-state index is 1.19. The fourth-order valence-electron chi connectivity index (χ4n) is 19.1. The molecule has 0 N–H and O–H groups in total. The van der Waals surface area contributed by atoms with E-state index in [1.165, 1.54) is 221 Å². The van der Waals surface area contributed by atoms with Gasteiger partial charge in [-0.05, 0) is 177 Å². The summed E-state index contributed by atoms with van der Waals surface area (Å²) in [6, 6.07) is 174. The van der Waals surface area contributed by atoms with Gasteiger partial charge in [-0.2, -0.15) is 0 Å². The molecular formula is C125H95N5. The number of para-hydroxylation sites is 13. The zero-order chi connectivity index (χ0) is 87.5. The Labute approximate surface area is 758 Å². The summed E-state index contributed by atoms with van der Waals surface area (Å²) in [7, 11) is 0. The second-order valence-corrected chi connectivity index (χ2v) is 33.8. The topological polar surface area (TPSA) is 24.6 Å². The molecule has 20 aromatic carbocycles. The Kier molecular flexibility index (Phi) is 21.9. The number of aryl methyl sites for hydroxylation is 5. The quantitative estimate of drug-likeness (QED) is 0.130. The lowest BCUT2D eigenvalue weighted by Crippen LogP contribution is -1.96. The van der Waals surface area contributed by atoms with Crippen LogP contribution in [0.1, 0.15) is 27.8 Å². The van der Waals surface area contributed by atoms with Crippen molar-refractivity contribution in [3.63, 3.8) is 0 Å². The molecule has 0 atom stereocenters. The Hall–Kier alpha value is -16.6. The molecule has 0 unspecified atom stereocenters. The molecule has 0 bridgehead atoms. The standard InChI is InChI=1S/5C25H19N/c1-18-14-16-19(17-15-18)20-8-2-5-11-23(20)26-24-12-6-3-9-21(24)22-10-4-7-13-25(22)26;1-18-13-15-19(16-14-18)20-7-6-8-21(17-20)26-24-11-4-2-9-22(24)23-10-3-5-12-25(23)26;1-18-10-12-19(13-11-18)20-14-16-21(17-15-20)26-24-8-4-2-6-22(24)23-7-3-5-9-25(23)26;1-18-9-7-10-19(17-18)21-14-8-15-23-22-13-5-6-16-24(22)26(25(21)23)20-11-3-2-4-12-20;1-18-14-16-19(17-15-18)21-11-7-12-23-22-10-5-6-13-24(22)26(25(21)23)20-8-3-2-4-9-20/h5*2-17H,1H3. The lowest BCUT2D eigenvalue weighted by molar-refractivity contribution is 1.18. The molecule has 0 spiro atoms. The maximum Gasteiger partial charge on any atom is 0.0619 e. The minimum atomic E-state index is 1.19. The summed E-state index contributed by atoms with van der Waals surface area (Å²) in [5.74, 6) is 0. The minimum Gasteiger partial charge on any atom is -0.309 e. The number of rotatable bonds is 10. The van der Waals surface area contributed by atoms with Crippen LogP contribution < -0.4 is 0 Å². The van der Waals surface area contributed by atoms with Crippen molar-refractivity contribution in [1.82, 2.24) is 22.8 Å². The maximum atomic E-state index is 2.39. The number of hydrogen-bond donors (Lipinski definition) is 0. The Bertz CT molecular complexity index is 8250. The van der Waals surface area contributed by atoms with E-state index in [9.17, 15) is 0 Å². The fraction of sp³-hybridized carbons (Fsp3) is 0.0400. The van der Waals surface area contributed by atoms with Crippen molar-refractivity contribution in [2.75, 3.05) is 0 Å². The van der Waals surface area contributed by atoms with Gasteiger partial charge < -0.3 is 22.8 Å². The first-order valence-electron chi connectivity index (χ1n) is 44.9. The van der Waals surface area contributed by atoms with Crippen LogP contribution in [0.5, 0.6) is 0 Å². The van der Waals surface area contributed by atoms with Crippen molar-refractivity contribution in [3.05, 3.63) is 513 Å². The van der Waals surface area contributed by atoms with Gasteiger partial charge in [0.2, 0.25) is 0 Å². The lowest BCUT2D eigenvalue weighted by atomic mass is 10.0. The summed E-state index contributed by atoms with van der Waals surface area (Å²) >= 11 is 0. The molecule has 130 heavy (non-hydrogen) atoms. The molecule has 620 valence electrons. The first-order chi connectivity index (χ1) is 64.1. The van der Waals surface area contributed by atoms with Gasteiger partial charge in [-0.3, -0.25) is 0 Å². The summed E-state index contributed by atoms with van der Waals surface area (Å²) in [6.45, 7) is 10.7. The first kappa shape index (κ1) is 80.5. The number of benzene rings is 20. The molecule has 0 fully saturated rings. The zero-order valence-corrected chi connectivity index (χ0v) is 73.4. The van der Waals surface area contributed by atoms with Gasteiger partial charge in [0.25, 0.3) is 0 Å². The van der Waals surface area contributed by atoms with E-state index in [1.807, 2.05) is 0 Å². The predicted molar refractivity (Wildman–Crippen MR) is 555 cm³/mol. The van der Waals surface area contributed by atoms with Gasteiger partial charge in [0, 0.05) is 93.3 Å². The summed E-state index contributed by atoms with van der Waals surface area (Å²) in [6.07, 6.45) is 0. The van der Waals surface area contributed by atoms with Gasteiger partial charge in [0.1, 0.15) is 0 Å². The van der Waals surface area contributed by atoms with Crippen LogP contribution in [0.2, 0.25) is 0 Å². The van der Waals surface area contributed by atoms with Crippen LogP contribution in [0.25, 0.3) is 193 Å². The summed E-state index contributed by atoms with van der Waals surface area (Å²) < 4.78 is 11.9. The Morgan fingerprint density at radius 1 is 0.131 bits per heavy atom. The molecule has 0 saturated carbocycles. The Balaban J connectivity index is 0.0000000983. The van der Waals surface area contributed by atoms with Gasteiger partial charge in [-0.15, -0.1) is 0 Å². The van der Waals surface area contributed by atoms with E-state index in [-0.39, 0.29) is 0 Å². The smallest absolute Gasteiger partial charge is 0.0619 e. The van der Waals surface area contributed by atoms with Gasteiger partial charge in [0.15, 0.2) is 0 Å². The van der Waals surface area contributed by atoms with Gasteiger partial charge >= 0.3 is 0 Å². The third-order valence-electron chi connectivity index (χ3n) is 25.4. The highest BCUT2D eigenvalue weighted by Crippen LogP contribution is 2.43. The molecule has 5 heteroatoms. The molecule has 25 aromatic rings. The summed E-state index contributed by atoms with van der Waals surface area (Å²) in [5, 5.41) is 12.9. The number of nitrogens with zero attached hydrogens (tertiary/aromatic N) is 5. The average molecular weight is 1670 g/mol. The van der Waals surface area contributed by atoms with Crippen LogP contribution in [-0.2, 0) is 0 Å². The third kappa shape index (κ3) is 15.5. The van der Waals surface area contributed by atoms with Crippen molar-refractivity contribution < 1.29 is 0 Å².